The van der Waals surface area contributed by atoms with E-state index in [0.717, 1.165) is 36.8 Å². The third-order valence-corrected chi connectivity index (χ3v) is 5.36. The van der Waals surface area contributed by atoms with Gasteiger partial charge in [-0.1, -0.05) is 73.8 Å². The largest absolute Gasteiger partial charge is 0.354 e. The standard InChI is InChI=1S/C25H28ClN3O2/c1-2-3-5-10-23-28-22(20-11-13-21(26)14-12-20)17-25(31)29(23)18-24(30)27-16-15-19-8-6-4-7-9-19/h4,6-9,11-14,17H,2-3,5,10,15-16,18H2,1H3,(H,27,30). The van der Waals surface area contributed by atoms with Gasteiger partial charge in [0.15, 0.2) is 0 Å². The lowest BCUT2D eigenvalue weighted by atomic mass is 10.1. The maximum atomic E-state index is 12.9. The summed E-state index contributed by atoms with van der Waals surface area (Å²) in [4.78, 5) is 30.1. The summed E-state index contributed by atoms with van der Waals surface area (Å²) in [6.07, 6.45) is 4.44. The van der Waals surface area contributed by atoms with E-state index in [1.807, 2.05) is 42.5 Å². The minimum atomic E-state index is -0.218. The number of hydrogen-bond donors (Lipinski definition) is 1. The van der Waals surface area contributed by atoms with Gasteiger partial charge in [0, 0.05) is 29.6 Å². The Morgan fingerprint density at radius 3 is 2.48 bits per heavy atom. The van der Waals surface area contributed by atoms with E-state index in [2.05, 4.69) is 12.2 Å². The number of rotatable bonds is 10. The average Bonchev–Trinajstić information content (AvgIpc) is 2.77. The lowest BCUT2D eigenvalue weighted by Gasteiger charge is -2.14. The molecule has 0 bridgehead atoms. The fraction of sp³-hybridized carbons (Fsp3) is 0.320. The highest BCUT2D eigenvalue weighted by molar-refractivity contribution is 6.30. The molecule has 6 heteroatoms. The fourth-order valence-corrected chi connectivity index (χ4v) is 3.53. The van der Waals surface area contributed by atoms with Crippen LogP contribution in [0.4, 0.5) is 0 Å². The minimum absolute atomic E-state index is 0.0248. The molecule has 5 nitrogen and oxygen atoms in total. The van der Waals surface area contributed by atoms with Crippen LogP contribution in [0.1, 0.15) is 37.6 Å². The van der Waals surface area contributed by atoms with E-state index in [0.29, 0.717) is 29.5 Å². The zero-order chi connectivity index (χ0) is 22.1. The van der Waals surface area contributed by atoms with Crippen LogP contribution in [0.25, 0.3) is 11.3 Å². The second-order valence-electron chi connectivity index (χ2n) is 7.53. The molecule has 0 atom stereocenters. The van der Waals surface area contributed by atoms with Crippen molar-refractivity contribution in [2.45, 2.75) is 45.6 Å². The summed E-state index contributed by atoms with van der Waals surface area (Å²) in [7, 11) is 0. The van der Waals surface area contributed by atoms with Gasteiger partial charge >= 0.3 is 0 Å². The minimum Gasteiger partial charge on any atom is -0.354 e. The number of carbonyl (C=O) groups is 1. The van der Waals surface area contributed by atoms with Crippen LogP contribution in [0.2, 0.25) is 5.02 Å². The molecule has 0 aliphatic heterocycles. The van der Waals surface area contributed by atoms with E-state index in [9.17, 15) is 9.59 Å². The van der Waals surface area contributed by atoms with Gasteiger partial charge in [-0.2, -0.15) is 0 Å². The Balaban J connectivity index is 1.74. The Bertz CT molecular complexity index is 1050. The Hall–Kier alpha value is -2.92. The number of benzene rings is 2. The number of hydrogen-bond acceptors (Lipinski definition) is 3. The summed E-state index contributed by atoms with van der Waals surface area (Å²) in [6.45, 7) is 2.63. The first-order valence-corrected chi connectivity index (χ1v) is 11.1. The van der Waals surface area contributed by atoms with Gasteiger partial charge in [-0.25, -0.2) is 4.98 Å². The van der Waals surface area contributed by atoms with Gasteiger partial charge in [0.25, 0.3) is 5.56 Å². The molecule has 3 rings (SSSR count). The van der Waals surface area contributed by atoms with Crippen molar-refractivity contribution >= 4 is 17.5 Å². The summed E-state index contributed by atoms with van der Waals surface area (Å²) in [5.41, 5.74) is 2.38. The van der Waals surface area contributed by atoms with Crippen LogP contribution >= 0.6 is 11.6 Å². The molecule has 0 saturated heterocycles. The number of unbranched alkanes of at least 4 members (excludes halogenated alkanes) is 2. The first-order chi connectivity index (χ1) is 15.1. The topological polar surface area (TPSA) is 64.0 Å². The second-order valence-corrected chi connectivity index (χ2v) is 7.97. The molecular weight excluding hydrogens is 410 g/mol. The van der Waals surface area contributed by atoms with Crippen molar-refractivity contribution in [2.75, 3.05) is 6.54 Å². The van der Waals surface area contributed by atoms with E-state index in [1.165, 1.54) is 10.6 Å². The summed E-state index contributed by atoms with van der Waals surface area (Å²) < 4.78 is 1.49. The number of aromatic nitrogens is 2. The Morgan fingerprint density at radius 2 is 1.77 bits per heavy atom. The summed E-state index contributed by atoms with van der Waals surface area (Å²) >= 11 is 5.98. The SMILES string of the molecule is CCCCCc1nc(-c2ccc(Cl)cc2)cc(=O)n1CC(=O)NCCc1ccccc1. The van der Waals surface area contributed by atoms with Gasteiger partial charge in [-0.05, 0) is 30.5 Å². The smallest absolute Gasteiger partial charge is 0.254 e. The number of aryl methyl sites for hydroxylation is 1. The Kier molecular flexibility index (Phi) is 8.42. The number of nitrogens with one attached hydrogen (secondary N) is 1. The normalized spacial score (nSPS) is 10.8. The van der Waals surface area contributed by atoms with Crippen LogP contribution in [0.5, 0.6) is 0 Å². The van der Waals surface area contributed by atoms with Gasteiger partial charge in [0.05, 0.1) is 5.69 Å². The van der Waals surface area contributed by atoms with E-state index in [4.69, 9.17) is 16.6 Å². The molecule has 0 saturated carbocycles. The number of carbonyl (C=O) groups excluding carboxylic acids is 1. The molecule has 1 N–H and O–H groups in total. The van der Waals surface area contributed by atoms with Crippen LogP contribution in [0.3, 0.4) is 0 Å². The summed E-state index contributed by atoms with van der Waals surface area (Å²) in [5.74, 6) is 0.458. The van der Waals surface area contributed by atoms with Crippen molar-refractivity contribution in [1.82, 2.24) is 14.9 Å². The number of nitrogens with zero attached hydrogens (tertiary/aromatic N) is 2. The molecule has 1 aromatic heterocycles. The van der Waals surface area contributed by atoms with E-state index in [1.54, 1.807) is 12.1 Å². The molecule has 1 amide bonds. The van der Waals surface area contributed by atoms with Crippen LogP contribution in [0.15, 0.2) is 65.5 Å². The van der Waals surface area contributed by atoms with Gasteiger partial charge < -0.3 is 5.32 Å². The predicted octanol–water partition coefficient (Wildman–Crippen LogP) is 4.66. The number of amides is 1. The molecular formula is C25H28ClN3O2. The summed E-state index contributed by atoms with van der Waals surface area (Å²) in [6, 6.07) is 18.7. The molecule has 0 aliphatic carbocycles. The van der Waals surface area contributed by atoms with E-state index >= 15 is 0 Å². The van der Waals surface area contributed by atoms with Crippen molar-refractivity contribution < 1.29 is 4.79 Å². The molecule has 0 radical (unpaired) electrons. The average molecular weight is 438 g/mol. The van der Waals surface area contributed by atoms with Gasteiger partial charge in [0.2, 0.25) is 5.91 Å². The van der Waals surface area contributed by atoms with Crippen LogP contribution < -0.4 is 10.9 Å². The van der Waals surface area contributed by atoms with Gasteiger partial charge in [0.1, 0.15) is 12.4 Å². The monoisotopic (exact) mass is 437 g/mol. The zero-order valence-electron chi connectivity index (χ0n) is 17.8. The van der Waals surface area contributed by atoms with Crippen molar-refractivity contribution in [3.8, 4) is 11.3 Å². The summed E-state index contributed by atoms with van der Waals surface area (Å²) in [5, 5.41) is 3.54. The lowest BCUT2D eigenvalue weighted by molar-refractivity contribution is -0.121. The quantitative estimate of drug-likeness (QED) is 0.469. The molecule has 0 spiro atoms. The maximum Gasteiger partial charge on any atom is 0.254 e. The lowest BCUT2D eigenvalue weighted by Crippen LogP contribution is -2.35. The molecule has 3 aromatic rings. The molecule has 0 aliphatic rings. The molecule has 0 unspecified atom stereocenters. The maximum absolute atomic E-state index is 12.9. The van der Waals surface area contributed by atoms with Gasteiger partial charge in [-0.3, -0.25) is 14.2 Å². The Morgan fingerprint density at radius 1 is 1.03 bits per heavy atom. The van der Waals surface area contributed by atoms with Crippen LogP contribution in [-0.2, 0) is 24.2 Å². The fourth-order valence-electron chi connectivity index (χ4n) is 3.41. The number of halogens is 1. The Labute approximate surface area is 188 Å². The molecule has 1 heterocycles. The van der Waals surface area contributed by atoms with Crippen molar-refractivity contribution in [1.29, 1.82) is 0 Å². The third-order valence-electron chi connectivity index (χ3n) is 5.11. The van der Waals surface area contributed by atoms with Crippen molar-refractivity contribution in [3.05, 3.63) is 87.4 Å². The first kappa shape index (κ1) is 22.8. The van der Waals surface area contributed by atoms with Crippen LogP contribution in [0, 0.1) is 0 Å². The van der Waals surface area contributed by atoms with E-state index < -0.39 is 0 Å². The van der Waals surface area contributed by atoms with Crippen molar-refractivity contribution in [3.63, 3.8) is 0 Å². The molecule has 0 fully saturated rings. The zero-order valence-corrected chi connectivity index (χ0v) is 18.6. The third kappa shape index (κ3) is 6.79. The molecule has 31 heavy (non-hydrogen) atoms. The predicted molar refractivity (Wildman–Crippen MR) is 125 cm³/mol. The molecule has 2 aromatic carbocycles. The molecule has 162 valence electrons. The first-order valence-electron chi connectivity index (χ1n) is 10.7. The van der Waals surface area contributed by atoms with E-state index in [-0.39, 0.29) is 18.0 Å². The highest BCUT2D eigenvalue weighted by atomic mass is 35.5. The highest BCUT2D eigenvalue weighted by Gasteiger charge is 2.13. The van der Waals surface area contributed by atoms with Gasteiger partial charge in [-0.15, -0.1) is 0 Å². The second kappa shape index (κ2) is 11.5. The van der Waals surface area contributed by atoms with Crippen LogP contribution in [-0.4, -0.2) is 22.0 Å². The highest BCUT2D eigenvalue weighted by Crippen LogP contribution is 2.19. The van der Waals surface area contributed by atoms with Crippen molar-refractivity contribution in [2.24, 2.45) is 0 Å².